The SMILES string of the molecule is CC(CC(=O)NC1(C)CCOCC1)C1CCCNC1. The second-order valence-electron chi connectivity index (χ2n) is 6.51. The number of ether oxygens (including phenoxy) is 1. The van der Waals surface area contributed by atoms with Crippen LogP contribution in [0.2, 0.25) is 0 Å². The van der Waals surface area contributed by atoms with Crippen LogP contribution < -0.4 is 10.6 Å². The Morgan fingerprint density at radius 3 is 2.84 bits per heavy atom. The molecule has 0 aromatic rings. The second kappa shape index (κ2) is 6.71. The molecule has 0 aliphatic carbocycles. The van der Waals surface area contributed by atoms with Crippen LogP contribution in [-0.2, 0) is 9.53 Å². The molecule has 0 aromatic carbocycles. The van der Waals surface area contributed by atoms with E-state index in [2.05, 4.69) is 24.5 Å². The first-order valence-corrected chi connectivity index (χ1v) is 7.68. The Morgan fingerprint density at radius 2 is 2.21 bits per heavy atom. The van der Waals surface area contributed by atoms with Crippen LogP contribution in [0.15, 0.2) is 0 Å². The molecule has 2 aliphatic heterocycles. The fraction of sp³-hybridized carbons (Fsp3) is 0.933. The van der Waals surface area contributed by atoms with E-state index >= 15 is 0 Å². The van der Waals surface area contributed by atoms with Crippen LogP contribution in [0.5, 0.6) is 0 Å². The maximum absolute atomic E-state index is 12.2. The van der Waals surface area contributed by atoms with Gasteiger partial charge in [0.15, 0.2) is 0 Å². The van der Waals surface area contributed by atoms with Crippen molar-refractivity contribution in [3.63, 3.8) is 0 Å². The molecule has 0 radical (unpaired) electrons. The summed E-state index contributed by atoms with van der Waals surface area (Å²) in [6.07, 6.45) is 5.01. The molecule has 0 saturated carbocycles. The Kier molecular flexibility index (Phi) is 5.22. The van der Waals surface area contributed by atoms with Gasteiger partial charge in [0.2, 0.25) is 5.91 Å². The van der Waals surface area contributed by atoms with Crippen molar-refractivity contribution in [1.82, 2.24) is 10.6 Å². The summed E-state index contributed by atoms with van der Waals surface area (Å²) in [7, 11) is 0. The quantitative estimate of drug-likeness (QED) is 0.816. The average Bonchev–Trinajstić information content (AvgIpc) is 2.39. The predicted octanol–water partition coefficient (Wildman–Crippen LogP) is 1.70. The summed E-state index contributed by atoms with van der Waals surface area (Å²) in [4.78, 5) is 12.2. The second-order valence-corrected chi connectivity index (χ2v) is 6.51. The van der Waals surface area contributed by atoms with Crippen molar-refractivity contribution in [2.45, 2.75) is 51.5 Å². The number of rotatable bonds is 4. The summed E-state index contributed by atoms with van der Waals surface area (Å²) in [5.41, 5.74) is -0.0557. The summed E-state index contributed by atoms with van der Waals surface area (Å²) >= 11 is 0. The number of carbonyl (C=O) groups is 1. The van der Waals surface area contributed by atoms with Crippen LogP contribution >= 0.6 is 0 Å². The lowest BCUT2D eigenvalue weighted by Gasteiger charge is -2.35. The van der Waals surface area contributed by atoms with Gasteiger partial charge in [-0.25, -0.2) is 0 Å². The minimum Gasteiger partial charge on any atom is -0.381 e. The van der Waals surface area contributed by atoms with E-state index in [0.717, 1.165) is 39.1 Å². The molecule has 2 heterocycles. The van der Waals surface area contributed by atoms with Crippen LogP contribution in [0.4, 0.5) is 0 Å². The van der Waals surface area contributed by atoms with Gasteiger partial charge in [-0.15, -0.1) is 0 Å². The van der Waals surface area contributed by atoms with Crippen molar-refractivity contribution in [2.24, 2.45) is 11.8 Å². The third-order valence-electron chi connectivity index (χ3n) is 4.68. The number of hydrogen-bond donors (Lipinski definition) is 2. The minimum atomic E-state index is -0.0557. The van der Waals surface area contributed by atoms with E-state index in [4.69, 9.17) is 4.74 Å². The van der Waals surface area contributed by atoms with E-state index in [1.165, 1.54) is 12.8 Å². The zero-order valence-electron chi connectivity index (χ0n) is 12.3. The molecule has 2 saturated heterocycles. The van der Waals surface area contributed by atoms with Crippen molar-refractivity contribution < 1.29 is 9.53 Å². The Morgan fingerprint density at radius 1 is 1.47 bits per heavy atom. The number of carbonyl (C=O) groups excluding carboxylic acids is 1. The molecule has 2 atom stereocenters. The standard InChI is InChI=1S/C15H28N2O2/c1-12(13-4-3-7-16-11-13)10-14(18)17-15(2)5-8-19-9-6-15/h12-13,16H,3-11H2,1-2H3,(H,17,18). The molecule has 2 rings (SSSR count). The van der Waals surface area contributed by atoms with E-state index in [-0.39, 0.29) is 11.4 Å². The molecule has 4 heteroatoms. The molecule has 4 nitrogen and oxygen atoms in total. The molecular weight excluding hydrogens is 240 g/mol. The molecule has 110 valence electrons. The van der Waals surface area contributed by atoms with Crippen LogP contribution in [0, 0.1) is 11.8 Å². The molecule has 0 bridgehead atoms. The van der Waals surface area contributed by atoms with Gasteiger partial charge in [0.25, 0.3) is 0 Å². The maximum Gasteiger partial charge on any atom is 0.220 e. The summed E-state index contributed by atoms with van der Waals surface area (Å²) in [5, 5.41) is 6.66. The van der Waals surface area contributed by atoms with Gasteiger partial charge in [-0.2, -0.15) is 0 Å². The first-order valence-electron chi connectivity index (χ1n) is 7.68. The Hall–Kier alpha value is -0.610. The minimum absolute atomic E-state index is 0.0557. The number of nitrogens with one attached hydrogen (secondary N) is 2. The number of piperidine rings is 1. The predicted molar refractivity (Wildman–Crippen MR) is 76.0 cm³/mol. The smallest absolute Gasteiger partial charge is 0.220 e. The van der Waals surface area contributed by atoms with Crippen molar-refractivity contribution in [3.8, 4) is 0 Å². The lowest BCUT2D eigenvalue weighted by Crippen LogP contribution is -2.50. The number of hydrogen-bond acceptors (Lipinski definition) is 3. The Balaban J connectivity index is 1.76. The molecular formula is C15H28N2O2. The highest BCUT2D eigenvalue weighted by atomic mass is 16.5. The van der Waals surface area contributed by atoms with Crippen molar-refractivity contribution in [1.29, 1.82) is 0 Å². The summed E-state index contributed by atoms with van der Waals surface area (Å²) in [6.45, 7) is 8.08. The van der Waals surface area contributed by atoms with E-state index < -0.39 is 0 Å². The topological polar surface area (TPSA) is 50.4 Å². The molecule has 19 heavy (non-hydrogen) atoms. The molecule has 0 aromatic heterocycles. The van der Waals surface area contributed by atoms with Crippen molar-refractivity contribution >= 4 is 5.91 Å². The Bertz CT molecular complexity index is 295. The lowest BCUT2D eigenvalue weighted by molar-refractivity contribution is -0.125. The zero-order valence-corrected chi connectivity index (χ0v) is 12.3. The monoisotopic (exact) mass is 268 g/mol. The summed E-state index contributed by atoms with van der Waals surface area (Å²) < 4.78 is 5.36. The van der Waals surface area contributed by atoms with Crippen molar-refractivity contribution in [2.75, 3.05) is 26.3 Å². The van der Waals surface area contributed by atoms with Crippen LogP contribution in [-0.4, -0.2) is 37.7 Å². The van der Waals surface area contributed by atoms with Crippen LogP contribution in [0.25, 0.3) is 0 Å². The van der Waals surface area contributed by atoms with Gasteiger partial charge < -0.3 is 15.4 Å². The first kappa shape index (κ1) is 14.8. The molecule has 2 unspecified atom stereocenters. The van der Waals surface area contributed by atoms with Gasteiger partial charge in [0.1, 0.15) is 0 Å². The van der Waals surface area contributed by atoms with Gasteiger partial charge in [0.05, 0.1) is 0 Å². The fourth-order valence-electron chi connectivity index (χ4n) is 3.16. The number of amides is 1. The molecule has 0 spiro atoms. The lowest BCUT2D eigenvalue weighted by atomic mass is 9.84. The molecule has 2 N–H and O–H groups in total. The molecule has 1 amide bonds. The van der Waals surface area contributed by atoms with Gasteiger partial charge >= 0.3 is 0 Å². The summed E-state index contributed by atoms with van der Waals surface area (Å²) in [5.74, 6) is 1.33. The average molecular weight is 268 g/mol. The van der Waals surface area contributed by atoms with Crippen LogP contribution in [0.1, 0.15) is 46.0 Å². The van der Waals surface area contributed by atoms with Gasteiger partial charge in [-0.05, 0) is 57.5 Å². The highest BCUT2D eigenvalue weighted by Gasteiger charge is 2.30. The van der Waals surface area contributed by atoms with Gasteiger partial charge in [-0.1, -0.05) is 6.92 Å². The summed E-state index contributed by atoms with van der Waals surface area (Å²) in [6, 6.07) is 0. The molecule has 2 fully saturated rings. The van der Waals surface area contributed by atoms with E-state index in [0.29, 0.717) is 18.3 Å². The highest BCUT2D eigenvalue weighted by molar-refractivity contribution is 5.77. The van der Waals surface area contributed by atoms with Crippen molar-refractivity contribution in [3.05, 3.63) is 0 Å². The van der Waals surface area contributed by atoms with E-state index in [1.54, 1.807) is 0 Å². The third-order valence-corrected chi connectivity index (χ3v) is 4.68. The molecule has 2 aliphatic rings. The normalized spacial score (nSPS) is 28.6. The maximum atomic E-state index is 12.2. The third kappa shape index (κ3) is 4.46. The van der Waals surface area contributed by atoms with Crippen LogP contribution in [0.3, 0.4) is 0 Å². The van der Waals surface area contributed by atoms with E-state index in [1.807, 2.05) is 0 Å². The van der Waals surface area contributed by atoms with E-state index in [9.17, 15) is 4.79 Å². The first-order chi connectivity index (χ1) is 9.09. The Labute approximate surface area is 116 Å². The zero-order chi connectivity index (χ0) is 13.7. The van der Waals surface area contributed by atoms with Gasteiger partial charge in [0, 0.05) is 25.2 Å². The largest absolute Gasteiger partial charge is 0.381 e. The van der Waals surface area contributed by atoms with Gasteiger partial charge in [-0.3, -0.25) is 4.79 Å². The fourth-order valence-corrected chi connectivity index (χ4v) is 3.16. The highest BCUT2D eigenvalue weighted by Crippen LogP contribution is 2.24.